The van der Waals surface area contributed by atoms with Crippen molar-refractivity contribution in [3.8, 4) is 0 Å². The Bertz CT molecular complexity index is 1240. The first-order valence-electron chi connectivity index (χ1n) is 21.4. The molecule has 15 heteroatoms. The number of hydrogen-bond donors (Lipinski definition) is 3. The molecule has 0 saturated carbocycles. The monoisotopic (exact) mass is 810 g/mol. The molecule has 0 spiro atoms. The van der Waals surface area contributed by atoms with Gasteiger partial charge in [0.15, 0.2) is 0 Å². The van der Waals surface area contributed by atoms with Crippen molar-refractivity contribution in [2.45, 2.75) is 200 Å². The van der Waals surface area contributed by atoms with Crippen LogP contribution < -0.4 is 10.6 Å². The van der Waals surface area contributed by atoms with E-state index in [1.165, 1.54) is 30.6 Å². The fraction of sp³-hybridized carbons (Fsp3) is 0.857. The van der Waals surface area contributed by atoms with E-state index in [0.29, 0.717) is 52.0 Å². The van der Waals surface area contributed by atoms with Crippen molar-refractivity contribution in [1.82, 2.24) is 25.3 Å². The van der Waals surface area contributed by atoms with Gasteiger partial charge in [0, 0.05) is 32.7 Å². The van der Waals surface area contributed by atoms with Crippen LogP contribution in [0.5, 0.6) is 0 Å². The third-order valence-corrected chi connectivity index (χ3v) is 9.73. The zero-order valence-electron chi connectivity index (χ0n) is 36.5. The zero-order chi connectivity index (χ0) is 42.8. The molecule has 0 aromatic rings. The molecule has 3 saturated heterocycles. The molecule has 0 bridgehead atoms. The summed E-state index contributed by atoms with van der Waals surface area (Å²) in [5, 5.41) is 14.9. The minimum atomic E-state index is -0.960. The van der Waals surface area contributed by atoms with Gasteiger partial charge in [-0.05, 0) is 114 Å². The number of rotatable bonds is 16. The molecule has 57 heavy (non-hydrogen) atoms. The number of carbonyl (C=O) groups is 6. The Morgan fingerprint density at radius 3 is 1.02 bits per heavy atom. The van der Waals surface area contributed by atoms with Crippen LogP contribution in [0.2, 0.25) is 0 Å². The highest BCUT2D eigenvalue weighted by atomic mass is 16.6. The van der Waals surface area contributed by atoms with Crippen LogP contribution in [0.3, 0.4) is 0 Å². The third kappa shape index (κ3) is 19.5. The largest absolute Gasteiger partial charge is 0.480 e. The summed E-state index contributed by atoms with van der Waals surface area (Å²) < 4.78 is 16.0. The molecule has 0 aromatic carbocycles. The van der Waals surface area contributed by atoms with Crippen LogP contribution in [0.25, 0.3) is 0 Å². The third-order valence-electron chi connectivity index (χ3n) is 9.73. The zero-order valence-corrected chi connectivity index (χ0v) is 36.5. The lowest BCUT2D eigenvalue weighted by molar-refractivity contribution is -0.142. The molecule has 328 valence electrons. The number of ether oxygens (including phenoxy) is 3. The average molecular weight is 810 g/mol. The Balaban J connectivity index is 0.000000623. The number of likely N-dealkylation sites (tertiary alicyclic amines) is 3. The number of carboxylic acid groups (broad SMARTS) is 1. The first kappa shape index (κ1) is 49.4. The highest BCUT2D eigenvalue weighted by Gasteiger charge is 2.38. The maximum atomic E-state index is 12.6. The Kier molecular flexibility index (Phi) is 20.4. The van der Waals surface area contributed by atoms with Crippen LogP contribution in [0.4, 0.5) is 14.4 Å². The summed E-state index contributed by atoms with van der Waals surface area (Å²) in [4.78, 5) is 76.8. The maximum absolute atomic E-state index is 12.6. The molecule has 3 rings (SSSR count). The lowest BCUT2D eigenvalue weighted by Gasteiger charge is -2.28. The minimum absolute atomic E-state index is 0.0702. The predicted molar refractivity (Wildman–Crippen MR) is 218 cm³/mol. The molecular weight excluding hydrogens is 734 g/mol. The Hall–Kier alpha value is -3.78. The van der Waals surface area contributed by atoms with Gasteiger partial charge >= 0.3 is 24.2 Å². The first-order chi connectivity index (χ1) is 26.6. The highest BCUT2D eigenvalue weighted by Crippen LogP contribution is 2.23. The summed E-state index contributed by atoms with van der Waals surface area (Å²) in [5.74, 6) is -1.10. The van der Waals surface area contributed by atoms with E-state index in [1.54, 1.807) is 30.6 Å². The molecule has 3 aliphatic heterocycles. The maximum Gasteiger partial charge on any atom is 0.411 e. The first-order valence-corrected chi connectivity index (χ1v) is 21.4. The van der Waals surface area contributed by atoms with Crippen molar-refractivity contribution in [3.05, 3.63) is 0 Å². The number of unbranched alkanes of at least 4 members (excludes halogenated alkanes) is 9. The molecule has 3 aliphatic rings. The van der Waals surface area contributed by atoms with Gasteiger partial charge in [-0.1, -0.05) is 51.4 Å². The molecule has 5 amide bonds. The fourth-order valence-electron chi connectivity index (χ4n) is 7.04. The van der Waals surface area contributed by atoms with Crippen LogP contribution in [0, 0.1) is 0 Å². The number of carboxylic acids is 1. The molecule has 3 atom stereocenters. The van der Waals surface area contributed by atoms with E-state index in [1.807, 2.05) is 41.5 Å². The molecule has 3 fully saturated rings. The molecule has 0 aliphatic carbocycles. The van der Waals surface area contributed by atoms with E-state index in [-0.39, 0.29) is 11.8 Å². The standard InChI is InChI=1S/C32H58N4O6.C10H17NO4/c1-31(2,3)41-29(39)35-23-17-19-25(35)27(37)33-21-15-13-11-9-7-8-10-12-14-16-22-34-28(38)26-20-18-24-36(26)30(40)42-32(4,5)6;1-10(2,3)15-9(14)11-6-4-5-7(11)8(12)13/h25-26H,7-24H2,1-6H3,(H,33,37)(H,34,38);7H,4-6H2,1-3H3,(H,12,13)/t25-,26-;7-/m11/s1. The van der Waals surface area contributed by atoms with Gasteiger partial charge < -0.3 is 30.0 Å². The number of nitrogens with zero attached hydrogens (tertiary/aromatic N) is 3. The second-order valence-corrected chi connectivity index (χ2v) is 18.5. The molecule has 15 nitrogen and oxygen atoms in total. The number of amides is 5. The van der Waals surface area contributed by atoms with Crippen LogP contribution >= 0.6 is 0 Å². The Morgan fingerprint density at radius 2 is 0.737 bits per heavy atom. The van der Waals surface area contributed by atoms with E-state index in [9.17, 15) is 28.8 Å². The van der Waals surface area contributed by atoms with Gasteiger partial charge in [0.2, 0.25) is 11.8 Å². The Morgan fingerprint density at radius 1 is 0.474 bits per heavy atom. The summed E-state index contributed by atoms with van der Waals surface area (Å²) in [7, 11) is 0. The van der Waals surface area contributed by atoms with E-state index >= 15 is 0 Å². The van der Waals surface area contributed by atoms with Crippen molar-refractivity contribution in [1.29, 1.82) is 0 Å². The van der Waals surface area contributed by atoms with Gasteiger partial charge in [-0.15, -0.1) is 0 Å². The summed E-state index contributed by atoms with van der Waals surface area (Å²) >= 11 is 0. The molecule has 3 heterocycles. The fourth-order valence-corrected chi connectivity index (χ4v) is 7.04. The smallest absolute Gasteiger partial charge is 0.411 e. The van der Waals surface area contributed by atoms with Crippen LogP contribution in [0.1, 0.15) is 165 Å². The molecule has 0 unspecified atom stereocenters. The average Bonchev–Trinajstić information content (AvgIpc) is 3.88. The lowest BCUT2D eigenvalue weighted by atomic mass is 10.1. The lowest BCUT2D eigenvalue weighted by Crippen LogP contribution is -2.47. The summed E-state index contributed by atoms with van der Waals surface area (Å²) in [6.07, 6.45) is 14.2. The second-order valence-electron chi connectivity index (χ2n) is 18.5. The number of aliphatic carboxylic acids is 1. The quantitative estimate of drug-likeness (QED) is 0.105. The highest BCUT2D eigenvalue weighted by molar-refractivity contribution is 5.87. The van der Waals surface area contributed by atoms with Crippen molar-refractivity contribution >= 4 is 36.1 Å². The normalized spacial score (nSPS) is 19.7. The number of carbonyl (C=O) groups excluding carboxylic acids is 5. The molecule has 3 N–H and O–H groups in total. The number of nitrogens with one attached hydrogen (secondary N) is 2. The molecule has 0 radical (unpaired) electrons. The van der Waals surface area contributed by atoms with Gasteiger partial charge in [-0.3, -0.25) is 24.3 Å². The minimum Gasteiger partial charge on any atom is -0.480 e. The van der Waals surface area contributed by atoms with Crippen LogP contribution in [-0.4, -0.2) is 124 Å². The van der Waals surface area contributed by atoms with Gasteiger partial charge in [0.05, 0.1) is 0 Å². The van der Waals surface area contributed by atoms with E-state index in [2.05, 4.69) is 10.6 Å². The second kappa shape index (κ2) is 23.6. The van der Waals surface area contributed by atoms with Crippen molar-refractivity contribution in [2.24, 2.45) is 0 Å². The van der Waals surface area contributed by atoms with Crippen LogP contribution in [-0.2, 0) is 28.6 Å². The van der Waals surface area contributed by atoms with E-state index in [0.717, 1.165) is 57.8 Å². The number of hydrogen-bond acceptors (Lipinski definition) is 9. The van der Waals surface area contributed by atoms with Gasteiger partial charge in [-0.2, -0.15) is 0 Å². The van der Waals surface area contributed by atoms with Gasteiger partial charge in [0.1, 0.15) is 34.9 Å². The molecule has 0 aromatic heterocycles. The predicted octanol–water partition coefficient (Wildman–Crippen LogP) is 7.39. The molecular formula is C42H75N5O10. The summed E-state index contributed by atoms with van der Waals surface area (Å²) in [5.41, 5.74) is -1.71. The summed E-state index contributed by atoms with van der Waals surface area (Å²) in [6, 6.07) is -1.56. The topological polar surface area (TPSA) is 184 Å². The van der Waals surface area contributed by atoms with E-state index < -0.39 is 59.2 Å². The van der Waals surface area contributed by atoms with Gasteiger partial charge in [-0.25, -0.2) is 19.2 Å². The Labute approximate surface area is 341 Å². The SMILES string of the molecule is CC(C)(C)OC(=O)N1CCC[C@@H]1C(=O)NCCCCCCCCCCCCNC(=O)[C@H]1CCCN1C(=O)OC(C)(C)C.CC(C)(C)OC(=O)N1CCC[C@@H]1C(=O)O. The van der Waals surface area contributed by atoms with Crippen molar-refractivity contribution < 1.29 is 48.1 Å². The van der Waals surface area contributed by atoms with Gasteiger partial charge in [0.25, 0.3) is 0 Å². The van der Waals surface area contributed by atoms with Crippen molar-refractivity contribution in [3.63, 3.8) is 0 Å². The van der Waals surface area contributed by atoms with Crippen molar-refractivity contribution in [2.75, 3.05) is 32.7 Å². The summed E-state index contributed by atoms with van der Waals surface area (Å²) in [6.45, 7) is 19.2. The van der Waals surface area contributed by atoms with Crippen LogP contribution in [0.15, 0.2) is 0 Å². The van der Waals surface area contributed by atoms with E-state index in [4.69, 9.17) is 19.3 Å².